The maximum atomic E-state index is 2.63. The van der Waals surface area contributed by atoms with Crippen molar-refractivity contribution in [2.45, 2.75) is 149 Å². The van der Waals surface area contributed by atoms with E-state index in [-0.39, 0.29) is 0 Å². The van der Waals surface area contributed by atoms with Crippen LogP contribution in [0.1, 0.15) is 137 Å². The SMILES string of the molecule is CCCCCCCCCCCCCCCCCCN(C(C)C)C(C)C. The van der Waals surface area contributed by atoms with Crippen LogP contribution in [0.4, 0.5) is 0 Å². The lowest BCUT2D eigenvalue weighted by molar-refractivity contribution is 0.171. The Balaban J connectivity index is 3.19. The second kappa shape index (κ2) is 18.7. The highest BCUT2D eigenvalue weighted by molar-refractivity contribution is 4.67. The van der Waals surface area contributed by atoms with Gasteiger partial charge in [0, 0.05) is 12.1 Å². The second-order valence-electron chi connectivity index (χ2n) is 8.73. The summed E-state index contributed by atoms with van der Waals surface area (Å²) in [5.74, 6) is 0. The summed E-state index contributed by atoms with van der Waals surface area (Å²) >= 11 is 0. The molecule has 0 spiro atoms. The Morgan fingerprint density at radius 2 is 0.720 bits per heavy atom. The van der Waals surface area contributed by atoms with E-state index < -0.39 is 0 Å². The van der Waals surface area contributed by atoms with Crippen LogP contribution in [0.2, 0.25) is 0 Å². The smallest absolute Gasteiger partial charge is 0.00412 e. The molecule has 0 N–H and O–H groups in total. The molecule has 0 aromatic heterocycles. The van der Waals surface area contributed by atoms with Gasteiger partial charge < -0.3 is 0 Å². The van der Waals surface area contributed by atoms with E-state index in [9.17, 15) is 0 Å². The van der Waals surface area contributed by atoms with Crippen molar-refractivity contribution in [2.75, 3.05) is 6.54 Å². The zero-order chi connectivity index (χ0) is 18.8. The standard InChI is InChI=1S/C24H51N/c1-6-7-8-9-10-11-12-13-14-15-16-17-18-19-20-21-22-25(23(2)3)24(4)5/h23-24H,6-22H2,1-5H3. The van der Waals surface area contributed by atoms with Gasteiger partial charge >= 0.3 is 0 Å². The van der Waals surface area contributed by atoms with Crippen molar-refractivity contribution in [1.29, 1.82) is 0 Å². The predicted molar refractivity (Wildman–Crippen MR) is 117 cm³/mol. The Morgan fingerprint density at radius 3 is 1.00 bits per heavy atom. The van der Waals surface area contributed by atoms with E-state index in [1.807, 2.05) is 0 Å². The van der Waals surface area contributed by atoms with Crippen LogP contribution in [0.15, 0.2) is 0 Å². The molecule has 0 unspecified atom stereocenters. The van der Waals surface area contributed by atoms with Gasteiger partial charge in [0.25, 0.3) is 0 Å². The van der Waals surface area contributed by atoms with Crippen molar-refractivity contribution >= 4 is 0 Å². The van der Waals surface area contributed by atoms with Gasteiger partial charge in [0.1, 0.15) is 0 Å². The molecule has 0 aliphatic rings. The first-order valence-corrected chi connectivity index (χ1v) is 11.8. The first-order chi connectivity index (χ1) is 12.1. The quantitative estimate of drug-likeness (QED) is 0.211. The molecule has 0 saturated carbocycles. The summed E-state index contributed by atoms with van der Waals surface area (Å²) in [5, 5.41) is 0. The van der Waals surface area contributed by atoms with E-state index in [2.05, 4.69) is 39.5 Å². The minimum atomic E-state index is 0.691. The van der Waals surface area contributed by atoms with Crippen LogP contribution >= 0.6 is 0 Å². The van der Waals surface area contributed by atoms with E-state index in [1.165, 1.54) is 109 Å². The number of hydrogen-bond acceptors (Lipinski definition) is 1. The minimum Gasteiger partial charge on any atom is -0.299 e. The lowest BCUT2D eigenvalue weighted by atomic mass is 10.0. The van der Waals surface area contributed by atoms with Gasteiger partial charge in [-0.15, -0.1) is 0 Å². The zero-order valence-corrected chi connectivity index (χ0v) is 18.6. The van der Waals surface area contributed by atoms with Crippen molar-refractivity contribution in [3.8, 4) is 0 Å². The lowest BCUT2D eigenvalue weighted by Gasteiger charge is -2.30. The third kappa shape index (κ3) is 17.1. The molecule has 0 aliphatic heterocycles. The molecule has 0 fully saturated rings. The molecule has 0 bridgehead atoms. The van der Waals surface area contributed by atoms with E-state index in [4.69, 9.17) is 0 Å². The molecule has 0 aliphatic carbocycles. The fourth-order valence-electron chi connectivity index (χ4n) is 3.96. The van der Waals surface area contributed by atoms with Gasteiger partial charge in [-0.25, -0.2) is 0 Å². The zero-order valence-electron chi connectivity index (χ0n) is 18.6. The van der Waals surface area contributed by atoms with Crippen LogP contribution in [0, 0.1) is 0 Å². The Morgan fingerprint density at radius 1 is 0.440 bits per heavy atom. The number of hydrogen-bond donors (Lipinski definition) is 0. The van der Waals surface area contributed by atoms with Crippen LogP contribution in [-0.4, -0.2) is 23.5 Å². The Hall–Kier alpha value is -0.0400. The number of rotatable bonds is 19. The molecule has 1 heteroatoms. The normalized spacial score (nSPS) is 12.0. The van der Waals surface area contributed by atoms with Crippen molar-refractivity contribution in [2.24, 2.45) is 0 Å². The van der Waals surface area contributed by atoms with Gasteiger partial charge in [-0.1, -0.05) is 103 Å². The minimum absolute atomic E-state index is 0.691. The first-order valence-electron chi connectivity index (χ1n) is 11.8. The summed E-state index contributed by atoms with van der Waals surface area (Å²) in [6.07, 6.45) is 23.3. The highest BCUT2D eigenvalue weighted by Gasteiger charge is 2.11. The third-order valence-corrected chi connectivity index (χ3v) is 5.60. The number of unbranched alkanes of at least 4 members (excludes halogenated alkanes) is 15. The van der Waals surface area contributed by atoms with Gasteiger partial charge in [0.15, 0.2) is 0 Å². The maximum absolute atomic E-state index is 2.63. The summed E-state index contributed by atoms with van der Waals surface area (Å²) in [6, 6.07) is 1.38. The van der Waals surface area contributed by atoms with E-state index in [0.717, 1.165) is 0 Å². The molecule has 0 radical (unpaired) electrons. The van der Waals surface area contributed by atoms with Gasteiger partial charge in [0.05, 0.1) is 0 Å². The van der Waals surface area contributed by atoms with Gasteiger partial charge in [-0.2, -0.15) is 0 Å². The third-order valence-electron chi connectivity index (χ3n) is 5.60. The van der Waals surface area contributed by atoms with E-state index in [1.54, 1.807) is 0 Å². The molecule has 0 saturated heterocycles. The summed E-state index contributed by atoms with van der Waals surface area (Å²) in [6.45, 7) is 12.9. The highest BCUT2D eigenvalue weighted by Crippen LogP contribution is 2.14. The van der Waals surface area contributed by atoms with Gasteiger partial charge in [-0.3, -0.25) is 4.90 Å². The fourth-order valence-corrected chi connectivity index (χ4v) is 3.96. The van der Waals surface area contributed by atoms with Gasteiger partial charge in [0.2, 0.25) is 0 Å². The van der Waals surface area contributed by atoms with Crippen LogP contribution < -0.4 is 0 Å². The fraction of sp³-hybridized carbons (Fsp3) is 1.00. The molecular formula is C24H51N. The average molecular weight is 354 g/mol. The van der Waals surface area contributed by atoms with Crippen molar-refractivity contribution < 1.29 is 0 Å². The van der Waals surface area contributed by atoms with E-state index >= 15 is 0 Å². The summed E-state index contributed by atoms with van der Waals surface area (Å²) < 4.78 is 0. The number of nitrogens with zero attached hydrogens (tertiary/aromatic N) is 1. The topological polar surface area (TPSA) is 3.24 Å². The van der Waals surface area contributed by atoms with Crippen LogP contribution in [0.3, 0.4) is 0 Å². The predicted octanol–water partition coefficient (Wildman–Crippen LogP) is 8.37. The Labute approximate surface area is 161 Å². The summed E-state index contributed by atoms with van der Waals surface area (Å²) in [7, 11) is 0. The summed E-state index contributed by atoms with van der Waals surface area (Å²) in [5.41, 5.74) is 0. The molecule has 1 nitrogen and oxygen atoms in total. The second-order valence-corrected chi connectivity index (χ2v) is 8.73. The molecule has 0 heterocycles. The van der Waals surface area contributed by atoms with Crippen molar-refractivity contribution in [3.05, 3.63) is 0 Å². The van der Waals surface area contributed by atoms with Crippen molar-refractivity contribution in [3.63, 3.8) is 0 Å². The lowest BCUT2D eigenvalue weighted by Crippen LogP contribution is -2.37. The first kappa shape index (κ1) is 25.0. The molecule has 0 rings (SSSR count). The molecule has 0 aromatic rings. The maximum Gasteiger partial charge on any atom is 0.00412 e. The van der Waals surface area contributed by atoms with Crippen molar-refractivity contribution in [1.82, 2.24) is 4.90 Å². The molecule has 152 valence electrons. The monoisotopic (exact) mass is 353 g/mol. The summed E-state index contributed by atoms with van der Waals surface area (Å²) in [4.78, 5) is 2.63. The van der Waals surface area contributed by atoms with Crippen LogP contribution in [-0.2, 0) is 0 Å². The molecule has 0 aromatic carbocycles. The Kier molecular flexibility index (Phi) is 18.7. The Bertz CT molecular complexity index is 238. The average Bonchev–Trinajstić information content (AvgIpc) is 2.57. The molecule has 0 amide bonds. The van der Waals surface area contributed by atoms with Crippen LogP contribution in [0.25, 0.3) is 0 Å². The highest BCUT2D eigenvalue weighted by atomic mass is 15.2. The molecular weight excluding hydrogens is 302 g/mol. The largest absolute Gasteiger partial charge is 0.299 e. The van der Waals surface area contributed by atoms with E-state index in [0.29, 0.717) is 12.1 Å². The van der Waals surface area contributed by atoms with Gasteiger partial charge in [-0.05, 0) is 40.7 Å². The molecule has 25 heavy (non-hydrogen) atoms. The van der Waals surface area contributed by atoms with Crippen LogP contribution in [0.5, 0.6) is 0 Å². The molecule has 0 atom stereocenters.